The zero-order valence-electron chi connectivity index (χ0n) is 19.8. The van der Waals surface area contributed by atoms with Gasteiger partial charge in [0, 0.05) is 0 Å². The van der Waals surface area contributed by atoms with Gasteiger partial charge in [-0.3, -0.25) is 0 Å². The summed E-state index contributed by atoms with van der Waals surface area (Å²) in [6.45, 7) is 4.32. The molecule has 6 aromatic rings. The summed E-state index contributed by atoms with van der Waals surface area (Å²) in [6.07, 6.45) is 0. The zero-order chi connectivity index (χ0) is 21.9. The Hall–Kier alpha value is -2.44. The number of hydrogen-bond donors (Lipinski definition) is 0. The first-order valence-electron chi connectivity index (χ1n) is 11.1. The number of benzene rings is 4. The van der Waals surface area contributed by atoms with Crippen LogP contribution in [-0.4, -0.2) is 0 Å². The molecule has 0 fully saturated rings. The second-order valence-electron chi connectivity index (χ2n) is 8.38. The third-order valence-electron chi connectivity index (χ3n) is 6.15. The Morgan fingerprint density at radius 3 is 1.17 bits per heavy atom. The molecule has 0 amide bonds. The zero-order valence-corrected chi connectivity index (χ0v) is 23.8. The Morgan fingerprint density at radius 2 is 0.800 bits per heavy atom. The van der Waals surface area contributed by atoms with Crippen LogP contribution >= 0.6 is 0 Å². The van der Waals surface area contributed by atoms with E-state index in [9.17, 15) is 0 Å². The summed E-state index contributed by atoms with van der Waals surface area (Å²) < 4.78 is 0. The number of aryl methyl sites for hydroxylation is 2. The van der Waals surface area contributed by atoms with Gasteiger partial charge < -0.3 is 24.8 Å². The van der Waals surface area contributed by atoms with Gasteiger partial charge >= 0.3 is 26.2 Å². The van der Waals surface area contributed by atoms with E-state index in [1.165, 1.54) is 54.9 Å². The van der Waals surface area contributed by atoms with Crippen molar-refractivity contribution in [3.8, 4) is 22.3 Å². The van der Waals surface area contributed by atoms with Gasteiger partial charge in [0.1, 0.15) is 0 Å². The third kappa shape index (κ3) is 6.42. The summed E-state index contributed by atoms with van der Waals surface area (Å²) in [7, 11) is 0. The van der Waals surface area contributed by atoms with Crippen molar-refractivity contribution in [3.63, 3.8) is 0 Å². The summed E-state index contributed by atoms with van der Waals surface area (Å²) in [5.74, 6) is 0. The molecular weight excluding hydrogens is 546 g/mol. The van der Waals surface area contributed by atoms with E-state index in [2.05, 4.69) is 135 Å². The standard InChI is InChI=1S/2C16H13.2ClH.Zr/c2*1-12-6-2-5-9-16(12)15-10-13-7-3-4-8-14(13)11-15;;;/h2*2-11H,1H3;2*1H;/q2*-1;;;+4/p-2. The SMILES string of the molecule is Cc1ccccc1-c1cc2ccccc2[cH-]1.Cc1ccccc1-c1cc2ccccc2[cH-]1.[Cl-].[Cl-].[Zr+4]. The average molecular weight is 573 g/mol. The van der Waals surface area contributed by atoms with E-state index in [-0.39, 0.29) is 51.0 Å². The van der Waals surface area contributed by atoms with Gasteiger partial charge in [0.05, 0.1) is 0 Å². The van der Waals surface area contributed by atoms with Crippen molar-refractivity contribution in [1.82, 2.24) is 0 Å². The molecule has 6 rings (SSSR count). The van der Waals surface area contributed by atoms with E-state index < -0.39 is 0 Å². The Labute approximate surface area is 239 Å². The van der Waals surface area contributed by atoms with Gasteiger partial charge in [-0.2, -0.15) is 0 Å². The van der Waals surface area contributed by atoms with Crippen LogP contribution in [0.1, 0.15) is 11.1 Å². The van der Waals surface area contributed by atoms with E-state index in [1.807, 2.05) is 0 Å². The molecule has 0 heterocycles. The van der Waals surface area contributed by atoms with Gasteiger partial charge in [0.15, 0.2) is 0 Å². The molecule has 0 nitrogen and oxygen atoms in total. The van der Waals surface area contributed by atoms with E-state index in [0.717, 1.165) is 0 Å². The van der Waals surface area contributed by atoms with Crippen LogP contribution in [0.2, 0.25) is 0 Å². The van der Waals surface area contributed by atoms with Crippen molar-refractivity contribution in [2.24, 2.45) is 0 Å². The number of hydrogen-bond acceptors (Lipinski definition) is 0. The van der Waals surface area contributed by atoms with Crippen molar-refractivity contribution >= 4 is 21.5 Å². The van der Waals surface area contributed by atoms with Crippen LogP contribution in [0.15, 0.2) is 121 Å². The Morgan fingerprint density at radius 1 is 0.457 bits per heavy atom. The number of halogens is 2. The topological polar surface area (TPSA) is 0 Å². The molecule has 3 heteroatoms. The fourth-order valence-electron chi connectivity index (χ4n) is 4.41. The number of fused-ring (bicyclic) bond motifs is 2. The molecule has 0 aromatic heterocycles. The molecule has 0 aliphatic rings. The molecule has 6 aromatic carbocycles. The van der Waals surface area contributed by atoms with Crippen molar-refractivity contribution < 1.29 is 51.0 Å². The van der Waals surface area contributed by atoms with Crippen molar-refractivity contribution in [2.45, 2.75) is 13.8 Å². The molecule has 0 unspecified atom stereocenters. The molecule has 0 bridgehead atoms. The second kappa shape index (κ2) is 13.0. The van der Waals surface area contributed by atoms with Crippen LogP contribution in [0.25, 0.3) is 43.8 Å². The minimum Gasteiger partial charge on any atom is -1.00 e. The minimum absolute atomic E-state index is 0. The molecular formula is C32H26Cl2Zr. The van der Waals surface area contributed by atoms with Crippen LogP contribution in [-0.2, 0) is 26.2 Å². The average Bonchev–Trinajstić information content (AvgIpc) is 3.44. The molecule has 0 saturated heterocycles. The monoisotopic (exact) mass is 570 g/mol. The maximum atomic E-state index is 2.26. The van der Waals surface area contributed by atoms with Crippen LogP contribution in [0.3, 0.4) is 0 Å². The summed E-state index contributed by atoms with van der Waals surface area (Å²) in [5, 5.41) is 5.28. The van der Waals surface area contributed by atoms with Gasteiger partial charge in [-0.15, -0.1) is 69.1 Å². The molecule has 0 atom stereocenters. The van der Waals surface area contributed by atoms with Crippen molar-refractivity contribution in [3.05, 3.63) is 132 Å². The maximum Gasteiger partial charge on any atom is 4.00 e. The summed E-state index contributed by atoms with van der Waals surface area (Å²) in [4.78, 5) is 0. The van der Waals surface area contributed by atoms with E-state index in [1.54, 1.807) is 0 Å². The normalized spacial score (nSPS) is 9.89. The summed E-state index contributed by atoms with van der Waals surface area (Å²) >= 11 is 0. The molecule has 172 valence electrons. The summed E-state index contributed by atoms with van der Waals surface area (Å²) in [6, 6.07) is 43.1. The molecule has 35 heavy (non-hydrogen) atoms. The molecule has 0 radical (unpaired) electrons. The maximum absolute atomic E-state index is 2.26. The van der Waals surface area contributed by atoms with Gasteiger partial charge in [-0.25, -0.2) is 0 Å². The quantitative estimate of drug-likeness (QED) is 0.280. The van der Waals surface area contributed by atoms with E-state index in [4.69, 9.17) is 0 Å². The van der Waals surface area contributed by atoms with Gasteiger partial charge in [-0.05, 0) is 13.8 Å². The van der Waals surface area contributed by atoms with Crippen LogP contribution in [0, 0.1) is 13.8 Å². The first-order valence-corrected chi connectivity index (χ1v) is 11.1. The fraction of sp³-hybridized carbons (Fsp3) is 0.0625. The third-order valence-corrected chi connectivity index (χ3v) is 6.15. The smallest absolute Gasteiger partial charge is 1.00 e. The van der Waals surface area contributed by atoms with Gasteiger partial charge in [0.25, 0.3) is 0 Å². The Balaban J connectivity index is 0.000000227. The predicted octanol–water partition coefficient (Wildman–Crippen LogP) is 3.07. The molecule has 0 saturated carbocycles. The van der Waals surface area contributed by atoms with Crippen LogP contribution < -0.4 is 24.8 Å². The minimum atomic E-state index is 0. The van der Waals surface area contributed by atoms with Crippen LogP contribution in [0.5, 0.6) is 0 Å². The van der Waals surface area contributed by atoms with Gasteiger partial charge in [-0.1, -0.05) is 107 Å². The number of rotatable bonds is 2. The first-order chi connectivity index (χ1) is 15.7. The van der Waals surface area contributed by atoms with E-state index in [0.29, 0.717) is 0 Å². The molecule has 0 N–H and O–H groups in total. The molecule has 0 aliphatic carbocycles. The van der Waals surface area contributed by atoms with E-state index >= 15 is 0 Å². The predicted molar refractivity (Wildman–Crippen MR) is 139 cm³/mol. The Bertz CT molecular complexity index is 1330. The Kier molecular flexibility index (Phi) is 10.7. The fourth-order valence-corrected chi connectivity index (χ4v) is 4.41. The van der Waals surface area contributed by atoms with Gasteiger partial charge in [0.2, 0.25) is 0 Å². The summed E-state index contributed by atoms with van der Waals surface area (Å²) in [5.41, 5.74) is 7.96. The van der Waals surface area contributed by atoms with Crippen molar-refractivity contribution in [1.29, 1.82) is 0 Å². The largest absolute Gasteiger partial charge is 4.00 e. The first kappa shape index (κ1) is 28.8. The van der Waals surface area contributed by atoms with Crippen LogP contribution in [0.4, 0.5) is 0 Å². The second-order valence-corrected chi connectivity index (χ2v) is 8.38. The molecule has 0 spiro atoms. The van der Waals surface area contributed by atoms with Crippen molar-refractivity contribution in [2.75, 3.05) is 0 Å². The molecule has 0 aliphatic heterocycles.